The van der Waals surface area contributed by atoms with E-state index in [4.69, 9.17) is 5.73 Å². The molecule has 4 atom stereocenters. The summed E-state index contributed by atoms with van der Waals surface area (Å²) in [6.07, 6.45) is 6.75. The number of rotatable bonds is 2. The fourth-order valence-electron chi connectivity index (χ4n) is 7.19. The molecule has 0 unspecified atom stereocenters. The van der Waals surface area contributed by atoms with Crippen LogP contribution in [0.15, 0.2) is 4.79 Å². The Labute approximate surface area is 158 Å². The lowest BCUT2D eigenvalue weighted by Gasteiger charge is -2.65. The molecule has 7 heteroatoms. The average Bonchev–Trinajstić information content (AvgIpc) is 2.58. The standard InChI is InChI=1S/C20H28N4O3/c1-2-18-5-12-6-19(9-18,11-20(27,7-12)10-18)16(26)24-4-3-13-14(8-24)22-17(21)23-15(13)25/h12,27H,2-11H2,1H3,(H3,21,22,23,25)/t12-,18-,19-,20-/m1/s1. The van der Waals surface area contributed by atoms with Crippen LogP contribution in [0.2, 0.25) is 0 Å². The molecular weight excluding hydrogens is 344 g/mol. The number of aromatic nitrogens is 2. The maximum Gasteiger partial charge on any atom is 0.255 e. The van der Waals surface area contributed by atoms with Gasteiger partial charge in [-0.2, -0.15) is 0 Å². The third-order valence-electron chi connectivity index (χ3n) is 7.74. The first-order valence-electron chi connectivity index (χ1n) is 10.1. The number of H-pyrrole nitrogens is 1. The summed E-state index contributed by atoms with van der Waals surface area (Å²) in [5.74, 6) is 0.695. The van der Waals surface area contributed by atoms with Gasteiger partial charge in [-0.05, 0) is 56.3 Å². The average molecular weight is 372 g/mol. The molecule has 0 saturated heterocycles. The van der Waals surface area contributed by atoms with E-state index in [9.17, 15) is 14.7 Å². The zero-order valence-electron chi connectivity index (χ0n) is 15.9. The van der Waals surface area contributed by atoms with Crippen molar-refractivity contribution in [1.29, 1.82) is 0 Å². The first-order chi connectivity index (χ1) is 12.8. The lowest BCUT2D eigenvalue weighted by atomic mass is 9.42. The van der Waals surface area contributed by atoms with E-state index in [1.54, 1.807) is 0 Å². The van der Waals surface area contributed by atoms with E-state index in [1.807, 2.05) is 4.90 Å². The molecule has 146 valence electrons. The van der Waals surface area contributed by atoms with Gasteiger partial charge in [0.15, 0.2) is 0 Å². The normalized spacial score (nSPS) is 39.5. The molecule has 1 aromatic heterocycles. The van der Waals surface area contributed by atoms with E-state index in [0.717, 1.165) is 38.5 Å². The highest BCUT2D eigenvalue weighted by Gasteiger charge is 2.65. The monoisotopic (exact) mass is 372 g/mol. The van der Waals surface area contributed by atoms with Gasteiger partial charge in [0.05, 0.1) is 23.3 Å². The molecular formula is C20H28N4O3. The number of hydrogen-bond donors (Lipinski definition) is 3. The Balaban J connectivity index is 1.47. The van der Waals surface area contributed by atoms with Crippen LogP contribution < -0.4 is 11.3 Å². The van der Waals surface area contributed by atoms with Gasteiger partial charge in [0.1, 0.15) is 0 Å². The van der Waals surface area contributed by atoms with Crippen LogP contribution in [0.3, 0.4) is 0 Å². The SMILES string of the molecule is CC[C@]12C[C@H]3C[C@@](O)(C1)C[C@@](C(=O)N1CCc4c(nc(N)[nH]c4=O)C1)(C3)C2. The van der Waals surface area contributed by atoms with Crippen molar-refractivity contribution in [1.82, 2.24) is 14.9 Å². The van der Waals surface area contributed by atoms with E-state index < -0.39 is 11.0 Å². The van der Waals surface area contributed by atoms with Crippen molar-refractivity contribution in [2.24, 2.45) is 16.7 Å². The quantitative estimate of drug-likeness (QED) is 0.725. The second kappa shape index (κ2) is 5.34. The van der Waals surface area contributed by atoms with E-state index in [-0.39, 0.29) is 22.8 Å². The number of aromatic amines is 1. The molecule has 1 aromatic rings. The van der Waals surface area contributed by atoms with Crippen LogP contribution >= 0.6 is 0 Å². The Kier molecular flexibility index (Phi) is 3.41. The van der Waals surface area contributed by atoms with Crippen LogP contribution in [-0.4, -0.2) is 38.0 Å². The van der Waals surface area contributed by atoms with Crippen LogP contribution in [0.4, 0.5) is 5.95 Å². The van der Waals surface area contributed by atoms with Crippen molar-refractivity contribution < 1.29 is 9.90 Å². The molecule has 7 nitrogen and oxygen atoms in total. The minimum absolute atomic E-state index is 0.0992. The third kappa shape index (κ3) is 2.47. The van der Waals surface area contributed by atoms with Crippen LogP contribution in [-0.2, 0) is 17.8 Å². The molecule has 0 aromatic carbocycles. The first-order valence-corrected chi connectivity index (χ1v) is 10.1. The van der Waals surface area contributed by atoms with E-state index >= 15 is 0 Å². The van der Waals surface area contributed by atoms with Crippen LogP contribution in [0.1, 0.15) is 63.1 Å². The van der Waals surface area contributed by atoms with E-state index in [0.29, 0.717) is 43.1 Å². The van der Waals surface area contributed by atoms with Crippen molar-refractivity contribution in [3.8, 4) is 0 Å². The molecule has 4 N–H and O–H groups in total. The fraction of sp³-hybridized carbons (Fsp3) is 0.750. The van der Waals surface area contributed by atoms with E-state index in [2.05, 4.69) is 16.9 Å². The highest BCUT2D eigenvalue weighted by atomic mass is 16.3. The molecule has 6 rings (SSSR count). The zero-order chi connectivity index (χ0) is 19.0. The van der Waals surface area contributed by atoms with Gasteiger partial charge in [-0.1, -0.05) is 13.3 Å². The summed E-state index contributed by atoms with van der Waals surface area (Å²) >= 11 is 0. The van der Waals surface area contributed by atoms with Crippen molar-refractivity contribution in [2.45, 2.75) is 70.4 Å². The van der Waals surface area contributed by atoms with Crippen molar-refractivity contribution in [3.05, 3.63) is 21.6 Å². The highest BCUT2D eigenvalue weighted by Crippen LogP contribution is 2.68. The summed E-state index contributed by atoms with van der Waals surface area (Å²) in [6.45, 7) is 3.07. The fourth-order valence-corrected chi connectivity index (χ4v) is 7.19. The van der Waals surface area contributed by atoms with Gasteiger partial charge in [0, 0.05) is 12.1 Å². The lowest BCUT2D eigenvalue weighted by Crippen LogP contribution is -2.64. The molecule has 1 aliphatic heterocycles. The number of fused-ring (bicyclic) bond motifs is 1. The maximum atomic E-state index is 13.7. The Bertz CT molecular complexity index is 882. The summed E-state index contributed by atoms with van der Waals surface area (Å²) < 4.78 is 0. The van der Waals surface area contributed by atoms with Gasteiger partial charge in [-0.3, -0.25) is 14.6 Å². The van der Waals surface area contributed by atoms with Gasteiger partial charge < -0.3 is 15.7 Å². The number of nitrogens with zero attached hydrogens (tertiary/aromatic N) is 2. The van der Waals surface area contributed by atoms with Crippen LogP contribution in [0.25, 0.3) is 0 Å². The summed E-state index contributed by atoms with van der Waals surface area (Å²) in [5.41, 5.74) is 5.74. The highest BCUT2D eigenvalue weighted by molar-refractivity contribution is 5.84. The summed E-state index contributed by atoms with van der Waals surface area (Å²) in [6, 6.07) is 0. The molecule has 4 aliphatic carbocycles. The van der Waals surface area contributed by atoms with Crippen molar-refractivity contribution in [2.75, 3.05) is 12.3 Å². The maximum absolute atomic E-state index is 13.7. The largest absolute Gasteiger partial charge is 0.390 e. The third-order valence-corrected chi connectivity index (χ3v) is 7.74. The summed E-state index contributed by atoms with van der Waals surface area (Å²) in [7, 11) is 0. The molecule has 0 spiro atoms. The minimum Gasteiger partial charge on any atom is -0.390 e. The van der Waals surface area contributed by atoms with Gasteiger partial charge in [0.25, 0.3) is 5.56 Å². The molecule has 0 radical (unpaired) electrons. The van der Waals surface area contributed by atoms with Gasteiger partial charge in [0.2, 0.25) is 11.9 Å². The number of carbonyl (C=O) groups excluding carboxylic acids is 1. The predicted octanol–water partition coefficient (Wildman–Crippen LogP) is 1.35. The second-order valence-corrected chi connectivity index (χ2v) is 9.72. The Morgan fingerprint density at radius 3 is 2.89 bits per heavy atom. The molecule has 5 aliphatic rings. The number of anilines is 1. The number of hydrogen-bond acceptors (Lipinski definition) is 5. The Morgan fingerprint density at radius 2 is 2.15 bits per heavy atom. The molecule has 4 saturated carbocycles. The van der Waals surface area contributed by atoms with E-state index in [1.165, 1.54) is 0 Å². The summed E-state index contributed by atoms with van der Waals surface area (Å²) in [5, 5.41) is 11.2. The van der Waals surface area contributed by atoms with Gasteiger partial charge in [-0.15, -0.1) is 0 Å². The second-order valence-electron chi connectivity index (χ2n) is 9.72. The first kappa shape index (κ1) is 17.2. The molecule has 4 bridgehead atoms. The van der Waals surface area contributed by atoms with Crippen LogP contribution in [0, 0.1) is 16.7 Å². The number of aliphatic hydroxyl groups is 1. The smallest absolute Gasteiger partial charge is 0.255 e. The minimum atomic E-state index is -0.682. The van der Waals surface area contributed by atoms with Gasteiger partial charge in [-0.25, -0.2) is 4.98 Å². The van der Waals surface area contributed by atoms with Gasteiger partial charge >= 0.3 is 0 Å². The summed E-state index contributed by atoms with van der Waals surface area (Å²) in [4.78, 5) is 34.5. The number of nitrogens with one attached hydrogen (secondary N) is 1. The lowest BCUT2D eigenvalue weighted by molar-refractivity contribution is -0.210. The number of amides is 1. The zero-order valence-corrected chi connectivity index (χ0v) is 15.9. The van der Waals surface area contributed by atoms with Crippen molar-refractivity contribution in [3.63, 3.8) is 0 Å². The van der Waals surface area contributed by atoms with Crippen LogP contribution in [0.5, 0.6) is 0 Å². The Morgan fingerprint density at radius 1 is 1.33 bits per heavy atom. The topological polar surface area (TPSA) is 112 Å². The number of carbonyl (C=O) groups is 1. The molecule has 2 heterocycles. The number of nitrogen functional groups attached to an aromatic ring is 1. The Hall–Kier alpha value is -1.89. The van der Waals surface area contributed by atoms with Crippen molar-refractivity contribution >= 4 is 11.9 Å². The molecule has 4 fully saturated rings. The molecule has 1 amide bonds. The number of nitrogens with two attached hydrogens (primary N) is 1. The molecule has 27 heavy (non-hydrogen) atoms. The predicted molar refractivity (Wildman–Crippen MR) is 99.7 cm³/mol.